The number of hydrogen-bond acceptors (Lipinski definition) is 3. The molecule has 124 valence electrons. The van der Waals surface area contributed by atoms with Crippen LogP contribution in [0.3, 0.4) is 0 Å². The molecule has 1 aliphatic rings. The molecule has 6 nitrogen and oxygen atoms in total. The van der Waals surface area contributed by atoms with Gasteiger partial charge in [0, 0.05) is 18.7 Å². The third kappa shape index (κ3) is 3.52. The Morgan fingerprint density at radius 1 is 1.30 bits per heavy atom. The lowest BCUT2D eigenvalue weighted by molar-refractivity contribution is -0.130. The molecular weight excluding hydrogens is 294 g/mol. The van der Waals surface area contributed by atoms with Crippen molar-refractivity contribution in [3.63, 3.8) is 0 Å². The topological polar surface area (TPSA) is 78.5 Å². The first-order chi connectivity index (χ1) is 10.8. The summed E-state index contributed by atoms with van der Waals surface area (Å²) in [5.74, 6) is -0.514. The van der Waals surface area contributed by atoms with Crippen LogP contribution < -0.4 is 10.6 Å². The van der Waals surface area contributed by atoms with Gasteiger partial charge in [-0.05, 0) is 38.3 Å². The van der Waals surface area contributed by atoms with E-state index in [1.165, 1.54) is 0 Å². The fourth-order valence-corrected chi connectivity index (χ4v) is 2.64. The van der Waals surface area contributed by atoms with Gasteiger partial charge in [0.25, 0.3) is 5.91 Å². The zero-order valence-electron chi connectivity index (χ0n) is 14.0. The second-order valence-electron chi connectivity index (χ2n) is 6.27. The van der Waals surface area contributed by atoms with Crippen LogP contribution in [0.5, 0.6) is 0 Å². The van der Waals surface area contributed by atoms with E-state index in [0.717, 1.165) is 28.1 Å². The number of nitrogens with zero attached hydrogens (tertiary/aromatic N) is 1. The Balaban J connectivity index is 1.99. The second kappa shape index (κ2) is 6.40. The Bertz CT molecular complexity index is 652. The minimum absolute atomic E-state index is 0.0761. The molecule has 0 bridgehead atoms. The first kappa shape index (κ1) is 17.0. The Morgan fingerprint density at radius 3 is 2.57 bits per heavy atom. The average Bonchev–Trinajstić information content (AvgIpc) is 2.67. The summed E-state index contributed by atoms with van der Waals surface area (Å²) in [6.07, 6.45) is 0.894. The van der Waals surface area contributed by atoms with E-state index >= 15 is 0 Å². The molecule has 1 heterocycles. The van der Waals surface area contributed by atoms with Crippen LogP contribution in [-0.2, 0) is 16.0 Å². The third-order valence-electron chi connectivity index (χ3n) is 4.01. The van der Waals surface area contributed by atoms with Crippen molar-refractivity contribution >= 4 is 23.5 Å². The van der Waals surface area contributed by atoms with Gasteiger partial charge in [-0.25, -0.2) is 4.79 Å². The number of imide groups is 1. The Labute approximate surface area is 136 Å². The van der Waals surface area contributed by atoms with Crippen LogP contribution in [0.2, 0.25) is 0 Å². The molecule has 0 spiro atoms. The van der Waals surface area contributed by atoms with Gasteiger partial charge in [0.05, 0.1) is 0 Å². The molecule has 0 radical (unpaired) electrons. The number of rotatable bonds is 5. The monoisotopic (exact) mass is 317 g/mol. The summed E-state index contributed by atoms with van der Waals surface area (Å²) in [6.45, 7) is 7.34. The second-order valence-corrected chi connectivity index (χ2v) is 6.27. The van der Waals surface area contributed by atoms with Gasteiger partial charge in [0.15, 0.2) is 0 Å². The summed E-state index contributed by atoms with van der Waals surface area (Å²) in [5.41, 5.74) is 1.97. The Morgan fingerprint density at radius 2 is 2.00 bits per heavy atom. The van der Waals surface area contributed by atoms with E-state index in [4.69, 9.17) is 0 Å². The van der Waals surface area contributed by atoms with Gasteiger partial charge in [-0.1, -0.05) is 25.1 Å². The fourth-order valence-electron chi connectivity index (χ4n) is 2.64. The fraction of sp³-hybridized carbons (Fsp3) is 0.471. The van der Waals surface area contributed by atoms with Crippen LogP contribution in [0, 0.1) is 6.92 Å². The van der Waals surface area contributed by atoms with E-state index in [0.29, 0.717) is 0 Å². The number of carbonyl (C=O) groups is 3. The number of carbonyl (C=O) groups excluding carboxylic acids is 3. The maximum Gasteiger partial charge on any atom is 0.325 e. The number of hydrogen-bond donors (Lipinski definition) is 2. The molecule has 1 aromatic rings. The number of urea groups is 1. The summed E-state index contributed by atoms with van der Waals surface area (Å²) in [5, 5.41) is 5.49. The van der Waals surface area contributed by atoms with Crippen LogP contribution in [-0.4, -0.2) is 34.8 Å². The van der Waals surface area contributed by atoms with E-state index in [-0.39, 0.29) is 24.8 Å². The predicted molar refractivity (Wildman–Crippen MR) is 88.1 cm³/mol. The van der Waals surface area contributed by atoms with Gasteiger partial charge in [-0.15, -0.1) is 0 Å². The summed E-state index contributed by atoms with van der Waals surface area (Å²) >= 11 is 0. The summed E-state index contributed by atoms with van der Waals surface area (Å²) < 4.78 is 0. The molecule has 4 amide bonds. The van der Waals surface area contributed by atoms with Gasteiger partial charge in [0.1, 0.15) is 5.54 Å². The molecule has 23 heavy (non-hydrogen) atoms. The molecule has 1 saturated heterocycles. The third-order valence-corrected chi connectivity index (χ3v) is 4.01. The molecule has 0 saturated carbocycles. The van der Waals surface area contributed by atoms with E-state index in [1.807, 2.05) is 32.0 Å². The largest absolute Gasteiger partial charge is 0.326 e. The standard InChI is InChI=1S/C17H23N3O3/c1-5-12-8-6-7-11(2)14(12)18-13(21)9-10-20-15(22)17(3,4)19-16(20)23/h6-8H,5,9-10H2,1-4H3,(H,18,21)(H,19,23). The number of para-hydroxylation sites is 1. The van der Waals surface area contributed by atoms with Crippen molar-refractivity contribution in [3.8, 4) is 0 Å². The van der Waals surface area contributed by atoms with Crippen molar-refractivity contribution < 1.29 is 14.4 Å². The summed E-state index contributed by atoms with van der Waals surface area (Å²) in [4.78, 5) is 37.1. The molecule has 0 atom stereocenters. The van der Waals surface area contributed by atoms with Crippen LogP contribution in [0.15, 0.2) is 18.2 Å². The highest BCUT2D eigenvalue weighted by Crippen LogP contribution is 2.21. The van der Waals surface area contributed by atoms with E-state index in [1.54, 1.807) is 13.8 Å². The van der Waals surface area contributed by atoms with Gasteiger partial charge in [0.2, 0.25) is 5.91 Å². The van der Waals surface area contributed by atoms with Gasteiger partial charge >= 0.3 is 6.03 Å². The lowest BCUT2D eigenvalue weighted by Gasteiger charge is -2.16. The maximum absolute atomic E-state index is 12.2. The molecule has 1 aromatic carbocycles. The molecule has 0 unspecified atom stereocenters. The van der Waals surface area contributed by atoms with Crippen molar-refractivity contribution in [2.24, 2.45) is 0 Å². The summed E-state index contributed by atoms with van der Waals surface area (Å²) in [6, 6.07) is 5.43. The Kier molecular flexibility index (Phi) is 4.73. The van der Waals surface area contributed by atoms with E-state index < -0.39 is 11.6 Å². The van der Waals surface area contributed by atoms with Gasteiger partial charge < -0.3 is 10.6 Å². The zero-order chi connectivity index (χ0) is 17.2. The maximum atomic E-state index is 12.2. The summed E-state index contributed by atoms with van der Waals surface area (Å²) in [7, 11) is 0. The SMILES string of the molecule is CCc1cccc(C)c1NC(=O)CCN1C(=O)NC(C)(C)C1=O. The molecule has 1 aliphatic heterocycles. The molecular formula is C17H23N3O3. The predicted octanol–water partition coefficient (Wildman–Crippen LogP) is 2.22. The zero-order valence-corrected chi connectivity index (χ0v) is 14.0. The number of anilines is 1. The minimum atomic E-state index is -0.904. The lowest BCUT2D eigenvalue weighted by atomic mass is 10.1. The smallest absolute Gasteiger partial charge is 0.325 e. The lowest BCUT2D eigenvalue weighted by Crippen LogP contribution is -2.40. The molecule has 0 aliphatic carbocycles. The quantitative estimate of drug-likeness (QED) is 0.817. The molecule has 0 aromatic heterocycles. The highest BCUT2D eigenvalue weighted by molar-refractivity contribution is 6.06. The molecule has 2 rings (SSSR count). The normalized spacial score (nSPS) is 16.4. The first-order valence-corrected chi connectivity index (χ1v) is 7.78. The van der Waals surface area contributed by atoms with Crippen molar-refractivity contribution in [1.29, 1.82) is 0 Å². The highest BCUT2D eigenvalue weighted by atomic mass is 16.2. The molecule has 6 heteroatoms. The van der Waals surface area contributed by atoms with Crippen LogP contribution in [0.4, 0.5) is 10.5 Å². The van der Waals surface area contributed by atoms with Gasteiger partial charge in [-0.2, -0.15) is 0 Å². The average molecular weight is 317 g/mol. The number of aryl methyl sites for hydroxylation is 2. The van der Waals surface area contributed by atoms with Crippen LogP contribution in [0.25, 0.3) is 0 Å². The minimum Gasteiger partial charge on any atom is -0.326 e. The number of nitrogens with one attached hydrogen (secondary N) is 2. The van der Waals surface area contributed by atoms with Crippen molar-refractivity contribution in [2.75, 3.05) is 11.9 Å². The van der Waals surface area contributed by atoms with E-state index in [2.05, 4.69) is 10.6 Å². The number of amides is 4. The van der Waals surface area contributed by atoms with Crippen LogP contribution in [0.1, 0.15) is 38.3 Å². The van der Waals surface area contributed by atoms with Crippen molar-refractivity contribution in [3.05, 3.63) is 29.3 Å². The molecule has 1 fully saturated rings. The van der Waals surface area contributed by atoms with Crippen LogP contribution >= 0.6 is 0 Å². The van der Waals surface area contributed by atoms with Crippen molar-refractivity contribution in [2.45, 2.75) is 46.1 Å². The van der Waals surface area contributed by atoms with E-state index in [9.17, 15) is 14.4 Å². The highest BCUT2D eigenvalue weighted by Gasteiger charge is 2.43. The van der Waals surface area contributed by atoms with Crippen molar-refractivity contribution in [1.82, 2.24) is 10.2 Å². The number of benzene rings is 1. The Hall–Kier alpha value is -2.37. The first-order valence-electron chi connectivity index (χ1n) is 7.78. The van der Waals surface area contributed by atoms with Gasteiger partial charge in [-0.3, -0.25) is 14.5 Å². The molecule has 2 N–H and O–H groups in total.